The van der Waals surface area contributed by atoms with Crippen molar-refractivity contribution in [1.82, 2.24) is 19.7 Å². The molecule has 6 nitrogen and oxygen atoms in total. The molecule has 1 fully saturated rings. The van der Waals surface area contributed by atoms with Gasteiger partial charge in [-0.1, -0.05) is 23.7 Å². The van der Waals surface area contributed by atoms with Crippen molar-refractivity contribution in [3.63, 3.8) is 0 Å². The molecular weight excluding hydrogens is 304 g/mol. The second-order valence-electron chi connectivity index (χ2n) is 5.16. The van der Waals surface area contributed by atoms with Crippen LogP contribution < -0.4 is 0 Å². The summed E-state index contributed by atoms with van der Waals surface area (Å²) in [4.78, 5) is 18.0. The van der Waals surface area contributed by atoms with E-state index in [0.29, 0.717) is 37.7 Å². The first kappa shape index (κ1) is 15.0. The summed E-state index contributed by atoms with van der Waals surface area (Å²) < 4.78 is 7.43. The predicted octanol–water partition coefficient (Wildman–Crippen LogP) is 1.92. The molecule has 3 rings (SSSR count). The Balaban J connectivity index is 1.57. The summed E-state index contributed by atoms with van der Waals surface area (Å²) in [6.45, 7) is 2.28. The lowest BCUT2D eigenvalue weighted by molar-refractivity contribution is -0.139. The highest BCUT2D eigenvalue weighted by atomic mass is 35.5. The number of ether oxygens (including phenoxy) is 1. The maximum absolute atomic E-state index is 12.3. The van der Waals surface area contributed by atoms with Crippen LogP contribution in [-0.4, -0.2) is 45.3 Å². The zero-order valence-electron chi connectivity index (χ0n) is 12.1. The van der Waals surface area contributed by atoms with Crippen LogP contribution in [-0.2, 0) is 16.1 Å². The maximum Gasteiger partial charge on any atom is 0.224 e. The normalized spacial score (nSPS) is 18.4. The summed E-state index contributed by atoms with van der Waals surface area (Å²) in [5.41, 5.74) is 1.04. The van der Waals surface area contributed by atoms with Gasteiger partial charge < -0.3 is 9.64 Å². The minimum atomic E-state index is -0.0960. The first-order valence-corrected chi connectivity index (χ1v) is 7.57. The first-order valence-electron chi connectivity index (χ1n) is 7.19. The Morgan fingerprint density at radius 3 is 2.91 bits per heavy atom. The molecule has 1 atom stereocenters. The van der Waals surface area contributed by atoms with Crippen molar-refractivity contribution in [2.45, 2.75) is 19.1 Å². The molecule has 0 bridgehead atoms. The molecule has 2 aromatic rings. The van der Waals surface area contributed by atoms with Gasteiger partial charge in [-0.3, -0.25) is 9.48 Å². The number of hydrogen-bond donors (Lipinski definition) is 0. The molecule has 0 aliphatic carbocycles. The molecule has 0 radical (unpaired) electrons. The quantitative estimate of drug-likeness (QED) is 0.863. The van der Waals surface area contributed by atoms with Gasteiger partial charge in [-0.25, -0.2) is 4.98 Å². The molecule has 1 aromatic carbocycles. The van der Waals surface area contributed by atoms with Crippen LogP contribution in [0.1, 0.15) is 18.1 Å². The summed E-state index contributed by atoms with van der Waals surface area (Å²) in [6, 6.07) is 7.56. The summed E-state index contributed by atoms with van der Waals surface area (Å²) in [6.07, 6.45) is 3.40. The lowest BCUT2D eigenvalue weighted by atomic mass is 10.1. The molecule has 1 amide bonds. The summed E-state index contributed by atoms with van der Waals surface area (Å²) >= 11 is 5.90. The van der Waals surface area contributed by atoms with Gasteiger partial charge in [0.25, 0.3) is 0 Å². The van der Waals surface area contributed by atoms with Gasteiger partial charge in [0.05, 0.1) is 19.7 Å². The minimum Gasteiger partial charge on any atom is -0.370 e. The van der Waals surface area contributed by atoms with E-state index in [1.807, 2.05) is 29.2 Å². The fourth-order valence-corrected chi connectivity index (χ4v) is 2.60. The largest absolute Gasteiger partial charge is 0.370 e. The monoisotopic (exact) mass is 320 g/mol. The molecule has 0 N–H and O–H groups in total. The third-order valence-electron chi connectivity index (χ3n) is 3.68. The number of amides is 1. The van der Waals surface area contributed by atoms with Gasteiger partial charge in [-0.2, -0.15) is 5.10 Å². The van der Waals surface area contributed by atoms with Crippen molar-refractivity contribution in [1.29, 1.82) is 0 Å². The fourth-order valence-electron chi connectivity index (χ4n) is 2.47. The van der Waals surface area contributed by atoms with Crippen LogP contribution in [0.15, 0.2) is 36.9 Å². The molecule has 0 unspecified atom stereocenters. The topological polar surface area (TPSA) is 60.2 Å². The molecule has 0 spiro atoms. The molecule has 0 saturated carbocycles. The van der Waals surface area contributed by atoms with Gasteiger partial charge in [0, 0.05) is 18.0 Å². The van der Waals surface area contributed by atoms with Gasteiger partial charge in [-0.05, 0) is 17.7 Å². The number of morpholine rings is 1. The third-order valence-corrected chi connectivity index (χ3v) is 3.93. The number of carbonyl (C=O) groups is 1. The summed E-state index contributed by atoms with van der Waals surface area (Å²) in [5.74, 6) is 0.109. The fraction of sp³-hybridized carbons (Fsp3) is 0.400. The van der Waals surface area contributed by atoms with Crippen molar-refractivity contribution < 1.29 is 9.53 Å². The lowest BCUT2D eigenvalue weighted by Gasteiger charge is -2.33. The van der Waals surface area contributed by atoms with E-state index in [1.54, 1.807) is 11.0 Å². The van der Waals surface area contributed by atoms with Crippen LogP contribution in [0.5, 0.6) is 0 Å². The Bertz CT molecular complexity index is 615. The van der Waals surface area contributed by atoms with Crippen molar-refractivity contribution in [3.8, 4) is 0 Å². The van der Waals surface area contributed by atoms with Gasteiger partial charge in [0.1, 0.15) is 18.8 Å². The Labute approximate surface area is 133 Å². The second-order valence-corrected chi connectivity index (χ2v) is 5.60. The van der Waals surface area contributed by atoms with Crippen LogP contribution in [0.2, 0.25) is 5.02 Å². The Kier molecular flexibility index (Phi) is 4.70. The van der Waals surface area contributed by atoms with E-state index in [-0.39, 0.29) is 12.0 Å². The van der Waals surface area contributed by atoms with Crippen molar-refractivity contribution >= 4 is 17.5 Å². The number of nitrogens with zero attached hydrogens (tertiary/aromatic N) is 4. The Hall–Kier alpha value is -1.92. The zero-order valence-corrected chi connectivity index (χ0v) is 12.8. The highest BCUT2D eigenvalue weighted by Crippen LogP contribution is 2.24. The van der Waals surface area contributed by atoms with Gasteiger partial charge in [0.15, 0.2) is 0 Å². The third kappa shape index (κ3) is 3.64. The molecule has 7 heteroatoms. The van der Waals surface area contributed by atoms with Crippen LogP contribution in [0, 0.1) is 0 Å². The molecule has 1 aliphatic rings. The van der Waals surface area contributed by atoms with Gasteiger partial charge >= 0.3 is 0 Å². The highest BCUT2D eigenvalue weighted by molar-refractivity contribution is 6.30. The van der Waals surface area contributed by atoms with Crippen LogP contribution in [0.25, 0.3) is 0 Å². The molecule has 1 aromatic heterocycles. The molecule has 2 heterocycles. The van der Waals surface area contributed by atoms with E-state index in [2.05, 4.69) is 10.1 Å². The molecule has 22 heavy (non-hydrogen) atoms. The number of rotatable bonds is 4. The summed E-state index contributed by atoms with van der Waals surface area (Å²) in [7, 11) is 0. The van der Waals surface area contributed by atoms with E-state index in [9.17, 15) is 4.79 Å². The van der Waals surface area contributed by atoms with E-state index < -0.39 is 0 Å². The number of halogens is 1. The smallest absolute Gasteiger partial charge is 0.224 e. The van der Waals surface area contributed by atoms with E-state index >= 15 is 0 Å². The Morgan fingerprint density at radius 2 is 2.18 bits per heavy atom. The number of benzene rings is 1. The van der Waals surface area contributed by atoms with Crippen molar-refractivity contribution in [3.05, 3.63) is 47.5 Å². The minimum absolute atomic E-state index is 0.0960. The Morgan fingerprint density at radius 1 is 1.36 bits per heavy atom. The molecule has 1 aliphatic heterocycles. The molecule has 1 saturated heterocycles. The molecular formula is C15H17ClN4O2. The standard InChI is InChI=1S/C15H17ClN4O2/c16-13-3-1-12(2-4-13)14-9-19(7-8-22-14)15(21)5-6-20-11-17-10-18-20/h1-4,10-11,14H,5-9H2/t14-/m1/s1. The van der Waals surface area contributed by atoms with Crippen molar-refractivity contribution in [2.75, 3.05) is 19.7 Å². The second kappa shape index (κ2) is 6.89. The maximum atomic E-state index is 12.3. The number of hydrogen-bond acceptors (Lipinski definition) is 4. The SMILES string of the molecule is O=C(CCn1cncn1)N1CCO[C@@H](c2ccc(Cl)cc2)C1. The van der Waals surface area contributed by atoms with Gasteiger partial charge in [-0.15, -0.1) is 0 Å². The number of aryl methyl sites for hydroxylation is 1. The van der Waals surface area contributed by atoms with Gasteiger partial charge in [0.2, 0.25) is 5.91 Å². The van der Waals surface area contributed by atoms with E-state index in [1.165, 1.54) is 6.33 Å². The van der Waals surface area contributed by atoms with Crippen molar-refractivity contribution in [2.24, 2.45) is 0 Å². The number of aromatic nitrogens is 3. The lowest BCUT2D eigenvalue weighted by Crippen LogP contribution is -2.42. The van der Waals surface area contributed by atoms with Crippen LogP contribution >= 0.6 is 11.6 Å². The number of carbonyl (C=O) groups excluding carboxylic acids is 1. The van der Waals surface area contributed by atoms with Crippen LogP contribution in [0.3, 0.4) is 0 Å². The zero-order chi connectivity index (χ0) is 15.4. The van der Waals surface area contributed by atoms with Crippen LogP contribution in [0.4, 0.5) is 0 Å². The van der Waals surface area contributed by atoms with E-state index in [4.69, 9.17) is 16.3 Å². The van der Waals surface area contributed by atoms with E-state index in [0.717, 1.165) is 5.56 Å². The molecule has 116 valence electrons. The average Bonchev–Trinajstić information content (AvgIpc) is 3.07. The first-order chi connectivity index (χ1) is 10.7. The summed E-state index contributed by atoms with van der Waals surface area (Å²) in [5, 5.41) is 4.70. The average molecular weight is 321 g/mol. The predicted molar refractivity (Wildman–Crippen MR) is 81.4 cm³/mol. The highest BCUT2D eigenvalue weighted by Gasteiger charge is 2.25.